The third-order valence-electron chi connectivity index (χ3n) is 10.6. The summed E-state index contributed by atoms with van der Waals surface area (Å²) in [5.41, 5.74) is 0.820. The molecule has 4 aliphatic heterocycles. The minimum atomic E-state index is -2.80. The van der Waals surface area contributed by atoms with Crippen LogP contribution in [-0.2, 0) is 14.6 Å². The Bertz CT molecular complexity index is 1080. The van der Waals surface area contributed by atoms with Gasteiger partial charge in [0.1, 0.15) is 0 Å². The van der Waals surface area contributed by atoms with Crippen LogP contribution < -0.4 is 0 Å². The van der Waals surface area contributed by atoms with Crippen LogP contribution in [0.3, 0.4) is 0 Å². The van der Waals surface area contributed by atoms with E-state index in [-0.39, 0.29) is 16.8 Å². The van der Waals surface area contributed by atoms with Gasteiger partial charge in [0.15, 0.2) is 9.84 Å². The second-order valence-corrected chi connectivity index (χ2v) is 22.7. The molecule has 0 spiro atoms. The number of nitrogens with zero attached hydrogens (tertiary/aromatic N) is 4. The summed E-state index contributed by atoms with van der Waals surface area (Å²) >= 11 is 0. The second-order valence-electron chi connectivity index (χ2n) is 18.6. The average Bonchev–Trinajstić information content (AvgIpc) is 2.86. The molecule has 0 amide bonds. The van der Waals surface area contributed by atoms with E-state index in [4.69, 9.17) is 4.74 Å². The van der Waals surface area contributed by atoms with Crippen LogP contribution in [0.25, 0.3) is 0 Å². The lowest BCUT2D eigenvalue weighted by atomic mass is 9.83. The minimum Gasteiger partial charge on any atom is -0.378 e. The fraction of sp³-hybridized carbons (Fsp3) is 0.974. The largest absolute Gasteiger partial charge is 0.378 e. The molecule has 4 aliphatic rings. The zero-order valence-corrected chi connectivity index (χ0v) is 36.5. The maximum atomic E-state index is 11.4. The van der Waals surface area contributed by atoms with Crippen LogP contribution in [0.15, 0.2) is 0 Å². The number of likely N-dealkylation sites (tertiary alicyclic amines) is 1. The molecule has 0 aromatic carbocycles. The first-order valence-corrected chi connectivity index (χ1v) is 22.5. The Hall–Kier alpha value is -0.0300. The van der Waals surface area contributed by atoms with Crippen molar-refractivity contribution >= 4 is 26.2 Å². The van der Waals surface area contributed by atoms with Crippen LogP contribution >= 0.6 is 10.5 Å². The predicted octanol–water partition coefficient (Wildman–Crippen LogP) is 7.50. The van der Waals surface area contributed by atoms with E-state index in [0.717, 1.165) is 25.7 Å². The highest BCUT2D eigenvalue weighted by Crippen LogP contribution is 2.33. The Balaban J connectivity index is 0.000000320. The van der Waals surface area contributed by atoms with Gasteiger partial charge in [-0.3, -0.25) is 19.6 Å². The summed E-state index contributed by atoms with van der Waals surface area (Å²) in [4.78, 5) is 9.99. The van der Waals surface area contributed by atoms with Crippen molar-refractivity contribution in [1.29, 1.82) is 0 Å². The highest BCUT2D eigenvalue weighted by atomic mass is 32.2. The Morgan fingerprint density at radius 3 is 1.52 bits per heavy atom. The van der Waals surface area contributed by atoms with Crippen LogP contribution in [-0.4, -0.2) is 143 Å². The van der Waals surface area contributed by atoms with E-state index in [1.54, 1.807) is 0 Å². The van der Waals surface area contributed by atoms with Crippen LogP contribution in [0.1, 0.15) is 131 Å². The lowest BCUT2D eigenvalue weighted by molar-refractivity contribution is -0.0654. The van der Waals surface area contributed by atoms with Gasteiger partial charge < -0.3 is 4.74 Å². The molecule has 0 aromatic rings. The van der Waals surface area contributed by atoms with E-state index in [9.17, 15) is 8.42 Å². The summed E-state index contributed by atoms with van der Waals surface area (Å²) in [6.45, 7) is 44.2. The van der Waals surface area contributed by atoms with Crippen molar-refractivity contribution < 1.29 is 13.2 Å². The summed E-state index contributed by atoms with van der Waals surface area (Å²) in [5, 5.41) is 0. The molecule has 7 nitrogen and oxygen atoms in total. The van der Waals surface area contributed by atoms with Gasteiger partial charge in [-0.2, -0.15) is 10.5 Å². The van der Waals surface area contributed by atoms with Crippen molar-refractivity contribution in [2.75, 3.05) is 62.4 Å². The number of piperidine rings is 1. The van der Waals surface area contributed by atoms with Gasteiger partial charge in [-0.25, -0.2) is 8.42 Å². The van der Waals surface area contributed by atoms with E-state index in [1.165, 1.54) is 37.4 Å². The van der Waals surface area contributed by atoms with Gasteiger partial charge in [-0.15, -0.1) is 0 Å². The van der Waals surface area contributed by atoms with Crippen LogP contribution in [0.4, 0.5) is 0 Å². The van der Waals surface area contributed by atoms with Gasteiger partial charge >= 0.3 is 0 Å². The number of ether oxygens (including phenoxy) is 1. The zero-order valence-electron chi connectivity index (χ0n) is 34.9. The average molecular weight is 719 g/mol. The summed E-state index contributed by atoms with van der Waals surface area (Å²) in [6.07, 6.45) is 2.73. The third kappa shape index (κ3) is 14.5. The quantitative estimate of drug-likeness (QED) is 0.279. The molecule has 288 valence electrons. The molecular formula is C39H82N4O3S2. The number of hydrogen-bond donors (Lipinski definition) is 0. The number of rotatable bonds is 4. The molecule has 0 aromatic heterocycles. The Morgan fingerprint density at radius 1 is 0.667 bits per heavy atom. The highest BCUT2D eigenvalue weighted by Gasteiger charge is 2.38. The Morgan fingerprint density at radius 2 is 1.12 bits per heavy atom. The fourth-order valence-corrected chi connectivity index (χ4v) is 12.5. The monoisotopic (exact) mass is 719 g/mol. The molecule has 0 N–H and O–H groups in total. The summed E-state index contributed by atoms with van der Waals surface area (Å²) in [5.74, 6) is 8.27. The molecule has 2 unspecified atom stereocenters. The van der Waals surface area contributed by atoms with Crippen molar-refractivity contribution in [3.8, 4) is 0 Å². The van der Waals surface area contributed by atoms with Crippen molar-refractivity contribution in [1.82, 2.24) is 19.6 Å². The maximum Gasteiger partial charge on any atom is 0.153 e. The lowest BCUT2D eigenvalue weighted by Gasteiger charge is -2.47. The van der Waals surface area contributed by atoms with Gasteiger partial charge in [0.2, 0.25) is 0 Å². The van der Waals surface area contributed by atoms with Gasteiger partial charge in [0.05, 0.1) is 24.7 Å². The zero-order chi connectivity index (χ0) is 37.5. The SMILES string of the molecule is C=S1CCN(C(C)C)C(C)(C)C1.CC(C)N1CCOCC1(C)C.CC(C)N1CCS(=O)(=O)CC1(C)C.CC1CCN(C(C)C)C(C)(C)C1. The number of morpholine rings is 1. The molecule has 4 saturated heterocycles. The van der Waals surface area contributed by atoms with Gasteiger partial charge in [0, 0.05) is 77.5 Å². The normalized spacial score (nSPS) is 28.9. The molecule has 4 heterocycles. The van der Waals surface area contributed by atoms with Crippen molar-refractivity contribution in [3.05, 3.63) is 0 Å². The molecule has 9 heteroatoms. The highest BCUT2D eigenvalue weighted by molar-refractivity contribution is 8.14. The third-order valence-corrected chi connectivity index (χ3v) is 14.5. The van der Waals surface area contributed by atoms with Gasteiger partial charge in [0.25, 0.3) is 0 Å². The summed E-state index contributed by atoms with van der Waals surface area (Å²) < 4.78 is 28.2. The van der Waals surface area contributed by atoms with Crippen LogP contribution in [0.5, 0.6) is 0 Å². The van der Waals surface area contributed by atoms with Gasteiger partial charge in [-0.05, 0) is 136 Å². The summed E-state index contributed by atoms with van der Waals surface area (Å²) in [6, 6.07) is 2.43. The van der Waals surface area contributed by atoms with Crippen molar-refractivity contribution in [2.45, 2.75) is 177 Å². The summed E-state index contributed by atoms with van der Waals surface area (Å²) in [7, 11) is -2.39. The van der Waals surface area contributed by atoms with Crippen LogP contribution in [0, 0.1) is 5.92 Å². The molecule has 0 bridgehead atoms. The van der Waals surface area contributed by atoms with Crippen molar-refractivity contribution in [2.24, 2.45) is 5.92 Å². The minimum absolute atomic E-state index is 0.203. The van der Waals surface area contributed by atoms with E-state index in [2.05, 4.69) is 129 Å². The van der Waals surface area contributed by atoms with Crippen molar-refractivity contribution in [3.63, 3.8) is 0 Å². The van der Waals surface area contributed by atoms with Gasteiger partial charge in [-0.1, -0.05) is 12.8 Å². The van der Waals surface area contributed by atoms with E-state index in [1.807, 2.05) is 13.8 Å². The first-order chi connectivity index (χ1) is 21.6. The number of hydrogen-bond acceptors (Lipinski definition) is 7. The second kappa shape index (κ2) is 18.6. The number of sulfone groups is 1. The van der Waals surface area contributed by atoms with E-state index >= 15 is 0 Å². The molecule has 0 saturated carbocycles. The fourth-order valence-electron chi connectivity index (χ4n) is 8.85. The Kier molecular flexibility index (Phi) is 17.9. The van der Waals surface area contributed by atoms with Crippen LogP contribution in [0.2, 0.25) is 0 Å². The molecule has 48 heavy (non-hydrogen) atoms. The molecule has 4 rings (SSSR count). The Labute approximate surface area is 303 Å². The maximum absolute atomic E-state index is 11.4. The van der Waals surface area contributed by atoms with E-state index in [0.29, 0.717) is 58.0 Å². The first-order valence-electron chi connectivity index (χ1n) is 19.0. The first kappa shape index (κ1) is 46.0. The molecule has 4 fully saturated rings. The molecular weight excluding hydrogens is 637 g/mol. The predicted molar refractivity (Wildman–Crippen MR) is 216 cm³/mol. The van der Waals surface area contributed by atoms with E-state index < -0.39 is 9.84 Å². The molecule has 0 aliphatic carbocycles. The smallest absolute Gasteiger partial charge is 0.153 e. The topological polar surface area (TPSA) is 56.3 Å². The molecule has 0 radical (unpaired) electrons. The standard InChI is InChI=1S/C11H23N.C10H21NS.C9H19NO2S.C9H19NO/c1-9(2)12-7-6-10(3)8-11(12,4)5;1-9(2)11-6-7-12(5)8-10(11,3)4;1-8(2)10-5-6-13(11,12)7-9(10,3)4;1-8(2)10-5-6-11-7-9(10,3)4/h9-10H,6-8H2,1-5H3;9H,5-8H2,1-4H3;8H,5-7H2,1-4H3;8H,5-7H2,1-4H3. The lowest BCUT2D eigenvalue weighted by Crippen LogP contribution is -2.57. The molecule has 2 atom stereocenters.